The summed E-state index contributed by atoms with van der Waals surface area (Å²) in [5.74, 6) is 0.785. The lowest BCUT2D eigenvalue weighted by Crippen LogP contribution is -2.41. The third-order valence-electron chi connectivity index (χ3n) is 4.20. The van der Waals surface area contributed by atoms with Crippen LogP contribution in [0.1, 0.15) is 29.3 Å². The highest BCUT2D eigenvalue weighted by Crippen LogP contribution is 2.31. The average molecular weight is 309 g/mol. The van der Waals surface area contributed by atoms with E-state index in [9.17, 15) is 13.2 Å². The lowest BCUT2D eigenvalue weighted by atomic mass is 10.1. The fourth-order valence-electron chi connectivity index (χ4n) is 3.13. The van der Waals surface area contributed by atoms with Crippen molar-refractivity contribution >= 4 is 15.7 Å². The summed E-state index contributed by atoms with van der Waals surface area (Å²) in [5, 5.41) is 0. The van der Waals surface area contributed by atoms with Crippen LogP contribution in [0.3, 0.4) is 0 Å². The number of hydrogen-bond donors (Lipinski definition) is 0. The minimum absolute atomic E-state index is 0.0719. The summed E-state index contributed by atoms with van der Waals surface area (Å²) in [6.45, 7) is 2.99. The van der Waals surface area contributed by atoms with Crippen LogP contribution < -0.4 is 4.74 Å². The number of sulfone groups is 1. The monoisotopic (exact) mass is 309 g/mol. The van der Waals surface area contributed by atoms with Crippen molar-refractivity contribution in [2.75, 3.05) is 24.7 Å². The van der Waals surface area contributed by atoms with Gasteiger partial charge in [0.25, 0.3) is 5.91 Å². The van der Waals surface area contributed by atoms with Crippen LogP contribution in [0, 0.1) is 0 Å². The van der Waals surface area contributed by atoms with E-state index in [2.05, 4.69) is 0 Å². The zero-order valence-corrected chi connectivity index (χ0v) is 12.9. The van der Waals surface area contributed by atoms with E-state index >= 15 is 0 Å². The number of hydrogen-bond acceptors (Lipinski definition) is 4. The van der Waals surface area contributed by atoms with E-state index in [1.54, 1.807) is 11.0 Å². The largest absolute Gasteiger partial charge is 0.492 e. The molecule has 0 saturated carbocycles. The summed E-state index contributed by atoms with van der Waals surface area (Å²) in [7, 11) is -3.00. The van der Waals surface area contributed by atoms with E-state index in [0.29, 0.717) is 30.9 Å². The number of ether oxygens (including phenoxy) is 1. The Morgan fingerprint density at radius 2 is 2.24 bits per heavy atom. The summed E-state index contributed by atoms with van der Waals surface area (Å²) in [6.07, 6.45) is 1.35. The van der Waals surface area contributed by atoms with Crippen LogP contribution in [0.4, 0.5) is 0 Å². The molecule has 5 nitrogen and oxygen atoms in total. The molecule has 2 aliphatic heterocycles. The van der Waals surface area contributed by atoms with E-state index in [1.165, 1.54) is 0 Å². The fourth-order valence-corrected chi connectivity index (χ4v) is 4.86. The molecule has 0 N–H and O–H groups in total. The number of nitrogens with zero attached hydrogens (tertiary/aromatic N) is 1. The van der Waals surface area contributed by atoms with Gasteiger partial charge in [-0.25, -0.2) is 8.42 Å². The van der Waals surface area contributed by atoms with Crippen molar-refractivity contribution in [2.45, 2.75) is 25.8 Å². The first-order valence-corrected chi connectivity index (χ1v) is 9.10. The van der Waals surface area contributed by atoms with Gasteiger partial charge in [-0.1, -0.05) is 12.1 Å². The zero-order chi connectivity index (χ0) is 15.0. The van der Waals surface area contributed by atoms with Crippen LogP contribution in [0.5, 0.6) is 5.75 Å². The van der Waals surface area contributed by atoms with Gasteiger partial charge >= 0.3 is 0 Å². The smallest absolute Gasteiger partial charge is 0.257 e. The molecule has 114 valence electrons. The predicted molar refractivity (Wildman–Crippen MR) is 79.4 cm³/mol. The van der Waals surface area contributed by atoms with Gasteiger partial charge in [-0.3, -0.25) is 4.79 Å². The Balaban J connectivity index is 1.88. The van der Waals surface area contributed by atoms with E-state index in [0.717, 1.165) is 12.0 Å². The number of rotatable bonds is 3. The molecular formula is C15H19NO4S. The highest BCUT2D eigenvalue weighted by Gasteiger charge is 2.35. The molecule has 1 fully saturated rings. The van der Waals surface area contributed by atoms with Crippen molar-refractivity contribution in [3.8, 4) is 5.75 Å². The van der Waals surface area contributed by atoms with Gasteiger partial charge in [-0.15, -0.1) is 0 Å². The second-order valence-corrected chi connectivity index (χ2v) is 7.77. The van der Waals surface area contributed by atoms with Crippen molar-refractivity contribution in [3.05, 3.63) is 29.3 Å². The maximum Gasteiger partial charge on any atom is 0.257 e. The summed E-state index contributed by atoms with van der Waals surface area (Å²) in [5.41, 5.74) is 1.60. The molecule has 2 aliphatic rings. The highest BCUT2D eigenvalue weighted by molar-refractivity contribution is 7.91. The average Bonchev–Trinajstić information content (AvgIpc) is 3.05. The second-order valence-electron chi connectivity index (χ2n) is 5.54. The van der Waals surface area contributed by atoms with Crippen molar-refractivity contribution in [2.24, 2.45) is 0 Å². The van der Waals surface area contributed by atoms with Crippen LogP contribution >= 0.6 is 0 Å². The molecule has 1 aromatic carbocycles. The maximum absolute atomic E-state index is 12.8. The van der Waals surface area contributed by atoms with Crippen LogP contribution in [0.25, 0.3) is 0 Å². The number of para-hydroxylation sites is 1. The number of fused-ring (bicyclic) bond motifs is 1. The van der Waals surface area contributed by atoms with Gasteiger partial charge < -0.3 is 9.64 Å². The van der Waals surface area contributed by atoms with Gasteiger partial charge in [0.05, 0.1) is 23.7 Å². The SMILES string of the molecule is CCN(C(=O)c1cccc2c1OCC2)[C@H]1CCS(=O)(=O)C1. The molecule has 0 unspecified atom stereocenters. The summed E-state index contributed by atoms with van der Waals surface area (Å²) in [6, 6.07) is 5.37. The van der Waals surface area contributed by atoms with Crippen LogP contribution in [0.2, 0.25) is 0 Å². The Hall–Kier alpha value is -1.56. The van der Waals surface area contributed by atoms with E-state index < -0.39 is 9.84 Å². The van der Waals surface area contributed by atoms with Gasteiger partial charge in [0, 0.05) is 19.0 Å². The predicted octanol–water partition coefficient (Wildman–Crippen LogP) is 1.27. The summed E-state index contributed by atoms with van der Waals surface area (Å²) < 4.78 is 28.9. The molecule has 21 heavy (non-hydrogen) atoms. The van der Waals surface area contributed by atoms with Gasteiger partial charge in [-0.2, -0.15) is 0 Å². The molecule has 1 saturated heterocycles. The fraction of sp³-hybridized carbons (Fsp3) is 0.533. The third kappa shape index (κ3) is 2.64. The lowest BCUT2D eigenvalue weighted by Gasteiger charge is -2.27. The molecule has 2 heterocycles. The molecule has 0 aliphatic carbocycles. The topological polar surface area (TPSA) is 63.7 Å². The molecule has 1 amide bonds. The first-order valence-electron chi connectivity index (χ1n) is 7.28. The van der Waals surface area contributed by atoms with Crippen molar-refractivity contribution in [1.82, 2.24) is 4.90 Å². The molecular weight excluding hydrogens is 290 g/mol. The number of carbonyl (C=O) groups excluding carboxylic acids is 1. The Labute approximate surface area is 124 Å². The number of carbonyl (C=O) groups is 1. The molecule has 1 atom stereocenters. The molecule has 0 spiro atoms. The highest BCUT2D eigenvalue weighted by atomic mass is 32.2. The zero-order valence-electron chi connectivity index (χ0n) is 12.0. The molecule has 0 aromatic heterocycles. The van der Waals surface area contributed by atoms with Crippen molar-refractivity contribution < 1.29 is 17.9 Å². The number of amides is 1. The summed E-state index contributed by atoms with van der Waals surface area (Å²) in [4.78, 5) is 14.5. The molecule has 0 bridgehead atoms. The third-order valence-corrected chi connectivity index (χ3v) is 5.95. The Bertz CT molecular complexity index is 668. The number of benzene rings is 1. The minimum atomic E-state index is -3.00. The van der Waals surface area contributed by atoms with Crippen LogP contribution in [0.15, 0.2) is 18.2 Å². The van der Waals surface area contributed by atoms with Crippen LogP contribution in [-0.4, -0.2) is 49.9 Å². The maximum atomic E-state index is 12.8. The Morgan fingerprint density at radius 3 is 2.90 bits per heavy atom. The first-order chi connectivity index (χ1) is 10.0. The first kappa shape index (κ1) is 14.4. The van der Waals surface area contributed by atoms with Gasteiger partial charge in [-0.05, 0) is 25.0 Å². The van der Waals surface area contributed by atoms with Crippen LogP contribution in [-0.2, 0) is 16.3 Å². The molecule has 1 aromatic rings. The van der Waals surface area contributed by atoms with Gasteiger partial charge in [0.15, 0.2) is 9.84 Å². The summed E-state index contributed by atoms with van der Waals surface area (Å²) >= 11 is 0. The van der Waals surface area contributed by atoms with Gasteiger partial charge in [0.2, 0.25) is 0 Å². The molecule has 3 rings (SSSR count). The Kier molecular flexibility index (Phi) is 3.65. The van der Waals surface area contributed by atoms with E-state index in [1.807, 2.05) is 19.1 Å². The molecule has 0 radical (unpaired) electrons. The lowest BCUT2D eigenvalue weighted by molar-refractivity contribution is 0.0705. The van der Waals surface area contributed by atoms with Gasteiger partial charge in [0.1, 0.15) is 5.75 Å². The van der Waals surface area contributed by atoms with E-state index in [4.69, 9.17) is 4.74 Å². The minimum Gasteiger partial charge on any atom is -0.492 e. The standard InChI is InChI=1S/C15H19NO4S/c1-2-16(12-7-9-21(18,19)10-12)15(17)13-5-3-4-11-6-8-20-14(11)13/h3-5,12H,2,6-10H2,1H3/t12-/m0/s1. The molecule has 6 heteroatoms. The van der Waals surface area contributed by atoms with E-state index in [-0.39, 0.29) is 23.5 Å². The normalized spacial score (nSPS) is 22.6. The quantitative estimate of drug-likeness (QED) is 0.843. The van der Waals surface area contributed by atoms with Crippen molar-refractivity contribution in [3.63, 3.8) is 0 Å². The Morgan fingerprint density at radius 1 is 1.43 bits per heavy atom. The second kappa shape index (κ2) is 5.33. The van der Waals surface area contributed by atoms with Crippen molar-refractivity contribution in [1.29, 1.82) is 0 Å².